The van der Waals surface area contributed by atoms with E-state index >= 15 is 0 Å². The van der Waals surface area contributed by atoms with Crippen LogP contribution in [0.4, 0.5) is 0 Å². The summed E-state index contributed by atoms with van der Waals surface area (Å²) in [7, 11) is 0. The highest BCUT2D eigenvalue weighted by atomic mass is 35.5. The van der Waals surface area contributed by atoms with Crippen molar-refractivity contribution in [3.05, 3.63) is 45.7 Å². The van der Waals surface area contributed by atoms with E-state index in [4.69, 9.17) is 23.2 Å². The van der Waals surface area contributed by atoms with Crippen LogP contribution in [0.15, 0.2) is 24.4 Å². The minimum atomic E-state index is -0.912. The van der Waals surface area contributed by atoms with E-state index in [2.05, 4.69) is 20.3 Å². The average molecular weight is 327 g/mol. The molecule has 0 amide bonds. The van der Waals surface area contributed by atoms with Crippen LogP contribution in [0.5, 0.6) is 0 Å². The van der Waals surface area contributed by atoms with E-state index in [0.29, 0.717) is 28.7 Å². The molecule has 112 valence electrons. The second-order valence-corrected chi connectivity index (χ2v) is 6.16. The highest BCUT2D eigenvalue weighted by Crippen LogP contribution is 2.31. The lowest BCUT2D eigenvalue weighted by Crippen LogP contribution is -2.32. The van der Waals surface area contributed by atoms with E-state index in [0.717, 1.165) is 25.1 Å². The van der Waals surface area contributed by atoms with Gasteiger partial charge >= 0.3 is 0 Å². The smallest absolute Gasteiger partial charge is 0.124 e. The molecule has 2 N–H and O–H groups in total. The minimum absolute atomic E-state index is 0.553. The molecule has 0 radical (unpaired) electrons. The summed E-state index contributed by atoms with van der Waals surface area (Å²) in [6, 6.07) is 5.67. The van der Waals surface area contributed by atoms with Gasteiger partial charge in [-0.2, -0.15) is 15.4 Å². The number of aromatic nitrogens is 3. The second-order valence-electron chi connectivity index (χ2n) is 5.38. The topological polar surface area (TPSA) is 65.0 Å². The van der Waals surface area contributed by atoms with E-state index < -0.39 is 5.60 Å². The summed E-state index contributed by atoms with van der Waals surface area (Å²) >= 11 is 12.2. The first-order valence-electron chi connectivity index (χ1n) is 6.82. The van der Waals surface area contributed by atoms with Crippen molar-refractivity contribution in [3.63, 3.8) is 0 Å². The number of nitrogens with zero attached hydrogens (tertiary/aromatic N) is 3. The largest absolute Gasteiger partial charge is 0.382 e. The number of aromatic amines is 1. The van der Waals surface area contributed by atoms with Gasteiger partial charge in [0.1, 0.15) is 11.3 Å². The van der Waals surface area contributed by atoms with Crippen molar-refractivity contribution >= 4 is 23.2 Å². The van der Waals surface area contributed by atoms with Gasteiger partial charge in [-0.25, -0.2) is 0 Å². The fraction of sp³-hybridized carbons (Fsp3) is 0.429. The maximum atomic E-state index is 10.6. The number of H-pyrrole nitrogens is 1. The quantitative estimate of drug-likeness (QED) is 0.904. The third-order valence-corrected chi connectivity index (χ3v) is 4.81. The standard InChI is InChI=1S/C14H16Cl2N4O/c15-11-3-1-2-10(13(11)16)4-6-20-7-5-14(21,9-20)12-8-17-19-18-12/h1-3,8,21H,4-7,9H2,(H,17,18,19). The number of halogens is 2. The number of benzene rings is 1. The lowest BCUT2D eigenvalue weighted by Gasteiger charge is -2.21. The molecule has 1 aliphatic rings. The SMILES string of the molecule is OC1(c2cn[nH]n2)CCN(CCc2cccc(Cl)c2Cl)C1. The number of hydrogen-bond donors (Lipinski definition) is 2. The molecule has 1 saturated heterocycles. The summed E-state index contributed by atoms with van der Waals surface area (Å²) in [6.45, 7) is 2.19. The highest BCUT2D eigenvalue weighted by Gasteiger charge is 2.39. The fourth-order valence-corrected chi connectivity index (χ4v) is 3.13. The van der Waals surface area contributed by atoms with Crippen LogP contribution in [0.25, 0.3) is 0 Å². The van der Waals surface area contributed by atoms with Crippen molar-refractivity contribution in [2.45, 2.75) is 18.4 Å². The number of rotatable bonds is 4. The zero-order valence-electron chi connectivity index (χ0n) is 11.4. The van der Waals surface area contributed by atoms with E-state index in [1.165, 1.54) is 0 Å². The van der Waals surface area contributed by atoms with Gasteiger partial charge in [-0.05, 0) is 24.5 Å². The summed E-state index contributed by atoms with van der Waals surface area (Å²) in [5, 5.41) is 22.1. The molecule has 0 bridgehead atoms. The molecule has 1 atom stereocenters. The van der Waals surface area contributed by atoms with Crippen molar-refractivity contribution in [1.82, 2.24) is 20.3 Å². The van der Waals surface area contributed by atoms with E-state index in [9.17, 15) is 5.11 Å². The van der Waals surface area contributed by atoms with Gasteiger partial charge in [0.15, 0.2) is 0 Å². The third kappa shape index (κ3) is 3.06. The van der Waals surface area contributed by atoms with Crippen LogP contribution in [-0.4, -0.2) is 45.1 Å². The third-order valence-electron chi connectivity index (χ3n) is 3.95. The van der Waals surface area contributed by atoms with Crippen molar-refractivity contribution in [1.29, 1.82) is 0 Å². The Morgan fingerprint density at radius 3 is 3.00 bits per heavy atom. The Kier molecular flexibility index (Phi) is 4.17. The zero-order valence-corrected chi connectivity index (χ0v) is 12.9. The predicted molar refractivity (Wildman–Crippen MR) is 81.5 cm³/mol. The number of likely N-dealkylation sites (tertiary alicyclic amines) is 1. The first-order valence-corrected chi connectivity index (χ1v) is 7.58. The molecule has 0 saturated carbocycles. The normalized spacial score (nSPS) is 22.8. The molecule has 0 spiro atoms. The van der Waals surface area contributed by atoms with Gasteiger partial charge in [0.2, 0.25) is 0 Å². The predicted octanol–water partition coefficient (Wildman–Crippen LogP) is 2.25. The van der Waals surface area contributed by atoms with Crippen LogP contribution < -0.4 is 0 Å². The van der Waals surface area contributed by atoms with Crippen LogP contribution in [0.1, 0.15) is 17.7 Å². The van der Waals surface area contributed by atoms with Crippen LogP contribution in [-0.2, 0) is 12.0 Å². The summed E-state index contributed by atoms with van der Waals surface area (Å²) in [5.74, 6) is 0. The summed E-state index contributed by atoms with van der Waals surface area (Å²) in [4.78, 5) is 2.20. The molecule has 1 fully saturated rings. The Morgan fingerprint density at radius 2 is 2.24 bits per heavy atom. The molecule has 1 aromatic carbocycles. The number of nitrogens with one attached hydrogen (secondary N) is 1. The molecular formula is C14H16Cl2N4O. The van der Waals surface area contributed by atoms with Crippen LogP contribution in [0.3, 0.4) is 0 Å². The monoisotopic (exact) mass is 326 g/mol. The zero-order chi connectivity index (χ0) is 14.9. The lowest BCUT2D eigenvalue weighted by molar-refractivity contribution is 0.0418. The van der Waals surface area contributed by atoms with Crippen LogP contribution in [0.2, 0.25) is 10.0 Å². The van der Waals surface area contributed by atoms with Crippen molar-refractivity contribution in [3.8, 4) is 0 Å². The average Bonchev–Trinajstić information content (AvgIpc) is 3.11. The van der Waals surface area contributed by atoms with Gasteiger partial charge in [-0.1, -0.05) is 35.3 Å². The number of aliphatic hydroxyl groups is 1. The molecule has 1 aliphatic heterocycles. The first kappa shape index (κ1) is 14.8. The fourth-order valence-electron chi connectivity index (χ4n) is 2.72. The molecule has 2 aromatic rings. The minimum Gasteiger partial charge on any atom is -0.382 e. The van der Waals surface area contributed by atoms with Crippen LogP contribution in [0, 0.1) is 0 Å². The van der Waals surface area contributed by atoms with E-state index in [-0.39, 0.29) is 0 Å². The van der Waals surface area contributed by atoms with Crippen LogP contribution >= 0.6 is 23.2 Å². The molecule has 1 unspecified atom stereocenters. The maximum absolute atomic E-state index is 10.6. The van der Waals surface area contributed by atoms with Gasteiger partial charge in [-0.3, -0.25) is 4.90 Å². The summed E-state index contributed by atoms with van der Waals surface area (Å²) in [5.41, 5.74) is 0.720. The lowest BCUT2D eigenvalue weighted by atomic mass is 10.00. The Morgan fingerprint density at radius 1 is 1.38 bits per heavy atom. The second kappa shape index (κ2) is 5.93. The Labute approximate surface area is 132 Å². The highest BCUT2D eigenvalue weighted by molar-refractivity contribution is 6.42. The van der Waals surface area contributed by atoms with Gasteiger partial charge in [0.25, 0.3) is 0 Å². The van der Waals surface area contributed by atoms with Gasteiger partial charge < -0.3 is 5.11 Å². The molecular weight excluding hydrogens is 311 g/mol. The van der Waals surface area contributed by atoms with Crippen molar-refractivity contribution in [2.75, 3.05) is 19.6 Å². The molecule has 21 heavy (non-hydrogen) atoms. The Balaban J connectivity index is 1.62. The van der Waals surface area contributed by atoms with Crippen molar-refractivity contribution < 1.29 is 5.11 Å². The summed E-state index contributed by atoms with van der Waals surface area (Å²) < 4.78 is 0. The molecule has 2 heterocycles. The summed E-state index contributed by atoms with van der Waals surface area (Å²) in [6.07, 6.45) is 3.04. The van der Waals surface area contributed by atoms with Gasteiger partial charge in [0, 0.05) is 19.6 Å². The Bertz CT molecular complexity index is 619. The van der Waals surface area contributed by atoms with E-state index in [1.807, 2.05) is 12.1 Å². The van der Waals surface area contributed by atoms with E-state index in [1.54, 1.807) is 12.3 Å². The Hall–Kier alpha value is -1.14. The first-order chi connectivity index (χ1) is 10.1. The molecule has 0 aliphatic carbocycles. The molecule has 5 nitrogen and oxygen atoms in total. The van der Waals surface area contributed by atoms with Gasteiger partial charge in [0.05, 0.1) is 16.2 Å². The molecule has 1 aromatic heterocycles. The van der Waals surface area contributed by atoms with Crippen molar-refractivity contribution in [2.24, 2.45) is 0 Å². The molecule has 7 heteroatoms. The van der Waals surface area contributed by atoms with Gasteiger partial charge in [-0.15, -0.1) is 0 Å². The molecule has 3 rings (SSSR count). The number of hydrogen-bond acceptors (Lipinski definition) is 4. The maximum Gasteiger partial charge on any atom is 0.124 e. The number of β-amino-alcohol motifs (C(OH)–C–C–N with tert-alkyl or cyclic N) is 1.